The van der Waals surface area contributed by atoms with Gasteiger partial charge in [0, 0.05) is 19.3 Å². The first kappa shape index (κ1) is 92.2. The second-order valence-electron chi connectivity index (χ2n) is 24.0. The molecule has 0 aliphatic rings. The van der Waals surface area contributed by atoms with Gasteiger partial charge in [-0.2, -0.15) is 0 Å². The van der Waals surface area contributed by atoms with Gasteiger partial charge in [-0.05, 0) is 135 Å². The minimum absolute atomic E-state index is 0.0372. The van der Waals surface area contributed by atoms with Crippen molar-refractivity contribution < 1.29 is 75.8 Å². The first-order chi connectivity index (χ1) is 47.2. The second-order valence-corrected chi connectivity index (χ2v) is 26.9. The SMILES string of the molecule is CC/C=C\C/C=C\C/C=C\C/C=C\C/C=C\C/C=C\CCC(=O)OCC(COP(=O)(O)OCC(O)COP(=O)(O)OCC(O)COC(=O)CCCCCCCCCCC/C=C\C/C=C\C/C=C\C/C=C\CCCCC)OC(=O)CCCCCCCCC/C=C\C/C=C\C/C=C\CC. The van der Waals surface area contributed by atoms with Crippen LogP contribution in [0.25, 0.3) is 0 Å². The normalized spacial score (nSPS) is 15.0. The molecule has 0 amide bonds. The molecule has 0 saturated heterocycles. The van der Waals surface area contributed by atoms with Crippen LogP contribution in [0.3, 0.4) is 0 Å². The summed E-state index contributed by atoms with van der Waals surface area (Å²) in [7, 11) is -9.82. The molecule has 0 aliphatic carbocycles. The lowest BCUT2D eigenvalue weighted by Crippen LogP contribution is -2.30. The van der Waals surface area contributed by atoms with Crippen LogP contribution in [0.1, 0.15) is 265 Å². The standard InChI is InChI=1S/C79H130O16P2/c1-4-7-10-13-16-19-22-25-28-31-33-34-35-36-37-38-40-43-44-47-50-53-56-59-62-65-77(82)89-68-74(80)69-91-96(85,86)92-70-75(81)71-93-97(87,88)94-73-76(95-79(84)67-64-61-58-55-52-49-46-41-30-27-24-21-18-15-12-9-6-3)72-90-78(83)66-63-60-57-54-51-48-45-42-39-32-29-26-23-20-17-14-11-8-5-2/h8-9,11-12,16-21,25-30,33-34,36-37,39,42,48,51,57,60,74-76,80-81H,4-7,10,13-15,22-24,31-32,35,38,40-41,43-47,49-50,52-56,58-59,61-73H2,1-3H3,(H,85,86)(H,87,88)/b11-8-,12-9-,19-16-,20-17-,21-18-,28-25-,29-26-,30-27-,34-33-,37-36-,42-39-,51-48-,60-57-. The zero-order valence-electron chi connectivity index (χ0n) is 59.9. The summed E-state index contributed by atoms with van der Waals surface area (Å²) in [5, 5.41) is 20.6. The van der Waals surface area contributed by atoms with Gasteiger partial charge in [-0.3, -0.25) is 32.5 Å². The number of carbonyl (C=O) groups is 3. The number of aliphatic hydroxyl groups excluding tert-OH is 2. The van der Waals surface area contributed by atoms with Crippen molar-refractivity contribution in [1.82, 2.24) is 0 Å². The van der Waals surface area contributed by atoms with Gasteiger partial charge in [0.2, 0.25) is 0 Å². The maximum absolute atomic E-state index is 12.9. The van der Waals surface area contributed by atoms with E-state index in [9.17, 15) is 43.5 Å². The average molecular weight is 1400 g/mol. The van der Waals surface area contributed by atoms with Gasteiger partial charge in [-0.25, -0.2) is 9.13 Å². The highest BCUT2D eigenvalue weighted by atomic mass is 31.2. The van der Waals surface area contributed by atoms with E-state index in [1.807, 2.05) is 18.2 Å². The molecule has 552 valence electrons. The monoisotopic (exact) mass is 1400 g/mol. The molecule has 18 heteroatoms. The number of hydrogen-bond donors (Lipinski definition) is 4. The van der Waals surface area contributed by atoms with E-state index >= 15 is 0 Å². The molecule has 0 bridgehead atoms. The number of phosphoric ester groups is 2. The van der Waals surface area contributed by atoms with Crippen LogP contribution in [0, 0.1) is 0 Å². The Bertz CT molecular complexity index is 2400. The lowest BCUT2D eigenvalue weighted by Gasteiger charge is -2.21. The summed E-state index contributed by atoms with van der Waals surface area (Å²) in [6.45, 7) is 2.30. The Hall–Kier alpha value is -4.83. The summed E-state index contributed by atoms with van der Waals surface area (Å²) >= 11 is 0. The van der Waals surface area contributed by atoms with E-state index in [2.05, 4.69) is 161 Å². The third kappa shape index (κ3) is 72.2. The number of rotatable bonds is 68. The van der Waals surface area contributed by atoms with E-state index in [0.717, 1.165) is 148 Å². The molecule has 97 heavy (non-hydrogen) atoms. The molecule has 16 nitrogen and oxygen atoms in total. The lowest BCUT2D eigenvalue weighted by atomic mass is 10.1. The van der Waals surface area contributed by atoms with Crippen LogP contribution in [0.4, 0.5) is 0 Å². The van der Waals surface area contributed by atoms with Gasteiger partial charge in [-0.15, -0.1) is 0 Å². The summed E-state index contributed by atoms with van der Waals surface area (Å²) in [5.41, 5.74) is 0. The molecule has 0 aromatic heterocycles. The Balaban J connectivity index is 4.70. The third-order valence-electron chi connectivity index (χ3n) is 14.7. The maximum atomic E-state index is 12.9. The number of allylic oxidation sites excluding steroid dienone is 26. The minimum atomic E-state index is -4.95. The zero-order valence-corrected chi connectivity index (χ0v) is 61.7. The van der Waals surface area contributed by atoms with E-state index in [4.69, 9.17) is 32.3 Å². The molecular weight excluding hydrogens is 1270 g/mol. The summed E-state index contributed by atoms with van der Waals surface area (Å²) in [5.74, 6) is -1.70. The number of phosphoric acid groups is 2. The van der Waals surface area contributed by atoms with Crippen molar-refractivity contribution in [3.8, 4) is 0 Å². The van der Waals surface area contributed by atoms with Gasteiger partial charge in [-0.1, -0.05) is 269 Å². The highest BCUT2D eigenvalue weighted by Crippen LogP contribution is 2.45. The molecule has 0 rings (SSSR count). The number of aliphatic hydroxyl groups is 2. The van der Waals surface area contributed by atoms with Crippen LogP contribution in [0.15, 0.2) is 158 Å². The van der Waals surface area contributed by atoms with E-state index in [1.165, 1.54) is 51.4 Å². The molecule has 5 atom stereocenters. The van der Waals surface area contributed by atoms with Crippen molar-refractivity contribution in [2.24, 2.45) is 0 Å². The van der Waals surface area contributed by atoms with E-state index in [1.54, 1.807) is 0 Å². The van der Waals surface area contributed by atoms with Gasteiger partial charge >= 0.3 is 33.6 Å². The number of unbranched alkanes of at least 4 members (excludes halogenated alkanes) is 19. The van der Waals surface area contributed by atoms with E-state index in [-0.39, 0.29) is 19.3 Å². The van der Waals surface area contributed by atoms with Crippen molar-refractivity contribution in [3.63, 3.8) is 0 Å². The Labute approximate surface area is 587 Å². The Morgan fingerprint density at radius 2 is 0.567 bits per heavy atom. The largest absolute Gasteiger partial charge is 0.472 e. The molecule has 0 heterocycles. The third-order valence-corrected chi connectivity index (χ3v) is 16.6. The number of hydrogen-bond acceptors (Lipinski definition) is 14. The molecule has 0 spiro atoms. The van der Waals surface area contributed by atoms with Gasteiger partial charge < -0.3 is 34.2 Å². The number of ether oxygens (including phenoxy) is 3. The smallest absolute Gasteiger partial charge is 0.463 e. The van der Waals surface area contributed by atoms with Crippen molar-refractivity contribution in [1.29, 1.82) is 0 Å². The van der Waals surface area contributed by atoms with Crippen LogP contribution < -0.4 is 0 Å². The Morgan fingerprint density at radius 1 is 0.299 bits per heavy atom. The van der Waals surface area contributed by atoms with Crippen molar-refractivity contribution in [2.75, 3.05) is 39.6 Å². The van der Waals surface area contributed by atoms with Crippen LogP contribution in [-0.4, -0.2) is 95.9 Å². The van der Waals surface area contributed by atoms with Gasteiger partial charge in [0.15, 0.2) is 6.10 Å². The fourth-order valence-electron chi connectivity index (χ4n) is 9.18. The van der Waals surface area contributed by atoms with Gasteiger partial charge in [0.25, 0.3) is 0 Å². The predicted octanol–water partition coefficient (Wildman–Crippen LogP) is 21.1. The van der Waals surface area contributed by atoms with Gasteiger partial charge in [0.1, 0.15) is 25.4 Å². The van der Waals surface area contributed by atoms with E-state index in [0.29, 0.717) is 25.7 Å². The highest BCUT2D eigenvalue weighted by Gasteiger charge is 2.29. The second kappa shape index (κ2) is 71.0. The molecule has 0 aromatic rings. The lowest BCUT2D eigenvalue weighted by molar-refractivity contribution is -0.161. The predicted molar refractivity (Wildman–Crippen MR) is 399 cm³/mol. The van der Waals surface area contributed by atoms with Crippen molar-refractivity contribution >= 4 is 33.6 Å². The molecule has 0 radical (unpaired) electrons. The maximum Gasteiger partial charge on any atom is 0.472 e. The fraction of sp³-hybridized carbons (Fsp3) is 0.633. The summed E-state index contributed by atoms with van der Waals surface area (Å²) in [6, 6.07) is 0. The minimum Gasteiger partial charge on any atom is -0.463 e. The van der Waals surface area contributed by atoms with E-state index < -0.39 is 91.5 Å². The Morgan fingerprint density at radius 3 is 0.928 bits per heavy atom. The quantitative estimate of drug-likeness (QED) is 0.0146. The topological polar surface area (TPSA) is 231 Å². The summed E-state index contributed by atoms with van der Waals surface area (Å²) in [4.78, 5) is 58.5. The molecule has 0 aliphatic heterocycles. The summed E-state index contributed by atoms with van der Waals surface area (Å²) < 4.78 is 60.9. The van der Waals surface area contributed by atoms with Crippen LogP contribution in [0.5, 0.6) is 0 Å². The number of esters is 3. The first-order valence-corrected chi connectivity index (χ1v) is 39.8. The van der Waals surface area contributed by atoms with Crippen molar-refractivity contribution in [2.45, 2.75) is 283 Å². The molecule has 0 aromatic carbocycles. The molecule has 0 fully saturated rings. The summed E-state index contributed by atoms with van der Waals surface area (Å²) in [6.07, 6.45) is 87.3. The van der Waals surface area contributed by atoms with Crippen LogP contribution in [0.2, 0.25) is 0 Å². The first-order valence-electron chi connectivity index (χ1n) is 36.8. The molecular formula is C79H130O16P2. The highest BCUT2D eigenvalue weighted by molar-refractivity contribution is 7.47. The van der Waals surface area contributed by atoms with Gasteiger partial charge in [0.05, 0.1) is 26.4 Å². The van der Waals surface area contributed by atoms with Crippen molar-refractivity contribution in [3.05, 3.63) is 158 Å². The van der Waals surface area contributed by atoms with Crippen LogP contribution >= 0.6 is 15.6 Å². The Kier molecular flexibility index (Phi) is 67.5. The number of carbonyl (C=O) groups excluding carboxylic acids is 3. The molecule has 4 N–H and O–H groups in total. The average Bonchev–Trinajstić information content (AvgIpc) is 2.14. The molecule has 5 unspecified atom stereocenters. The molecule has 0 saturated carbocycles. The van der Waals surface area contributed by atoms with Crippen LogP contribution in [-0.2, 0) is 55.8 Å². The fourth-order valence-corrected chi connectivity index (χ4v) is 10.8. The zero-order chi connectivity index (χ0) is 70.9.